The van der Waals surface area contributed by atoms with Crippen molar-refractivity contribution in [3.63, 3.8) is 0 Å². The molecule has 2 N–H and O–H groups in total. The highest BCUT2D eigenvalue weighted by molar-refractivity contribution is 7.88. The lowest BCUT2D eigenvalue weighted by atomic mass is 10.1. The molecule has 2 aromatic carbocycles. The van der Waals surface area contributed by atoms with Gasteiger partial charge in [-0.15, -0.1) is 0 Å². The third-order valence-corrected chi connectivity index (χ3v) is 5.41. The monoisotopic (exact) mass is 401 g/mol. The van der Waals surface area contributed by atoms with E-state index < -0.39 is 10.0 Å². The van der Waals surface area contributed by atoms with Crippen LogP contribution in [0.2, 0.25) is 5.02 Å². The minimum absolute atomic E-state index is 0.234. The van der Waals surface area contributed by atoms with Crippen LogP contribution >= 0.6 is 11.6 Å². The number of fused-ring (bicyclic) bond motifs is 2. The lowest BCUT2D eigenvalue weighted by Gasteiger charge is -2.10. The van der Waals surface area contributed by atoms with Gasteiger partial charge in [-0.2, -0.15) is 0 Å². The van der Waals surface area contributed by atoms with E-state index in [2.05, 4.69) is 4.98 Å². The van der Waals surface area contributed by atoms with E-state index in [0.29, 0.717) is 10.6 Å². The quantitative estimate of drug-likeness (QED) is 0.565. The molecule has 0 aliphatic heterocycles. The summed E-state index contributed by atoms with van der Waals surface area (Å²) in [5.41, 5.74) is 3.17. The SMILES string of the molecule is COc1ccc2c(-n3cc(Cl)c4cc(CS(N)(=O)=O)ccc43)ccnc2c1. The van der Waals surface area contributed by atoms with E-state index in [4.69, 9.17) is 21.5 Å². The van der Waals surface area contributed by atoms with Crippen molar-refractivity contribution < 1.29 is 13.2 Å². The maximum atomic E-state index is 11.4. The predicted octanol–water partition coefficient (Wildman–Crippen LogP) is 3.63. The number of halogens is 1. The molecule has 0 aliphatic carbocycles. The van der Waals surface area contributed by atoms with E-state index in [0.717, 1.165) is 33.2 Å². The zero-order chi connectivity index (χ0) is 19.2. The van der Waals surface area contributed by atoms with Crippen molar-refractivity contribution in [3.05, 3.63) is 65.4 Å². The van der Waals surface area contributed by atoms with E-state index >= 15 is 0 Å². The summed E-state index contributed by atoms with van der Waals surface area (Å²) in [5.74, 6) is 0.498. The van der Waals surface area contributed by atoms with Crippen LogP contribution in [0.3, 0.4) is 0 Å². The Kier molecular flexibility index (Phi) is 4.30. The number of hydrogen-bond acceptors (Lipinski definition) is 4. The van der Waals surface area contributed by atoms with Gasteiger partial charge in [-0.05, 0) is 35.9 Å². The number of rotatable bonds is 4. The first-order chi connectivity index (χ1) is 12.9. The minimum Gasteiger partial charge on any atom is -0.497 e. The number of benzene rings is 2. The van der Waals surface area contributed by atoms with E-state index in [1.54, 1.807) is 25.4 Å². The van der Waals surface area contributed by atoms with Crippen molar-refractivity contribution in [2.45, 2.75) is 5.75 Å². The topological polar surface area (TPSA) is 87.2 Å². The van der Waals surface area contributed by atoms with Crippen LogP contribution < -0.4 is 9.88 Å². The molecule has 27 heavy (non-hydrogen) atoms. The van der Waals surface area contributed by atoms with Gasteiger partial charge in [0.1, 0.15) is 5.75 Å². The molecular formula is C19H16ClN3O3S. The van der Waals surface area contributed by atoms with Gasteiger partial charge in [0.25, 0.3) is 0 Å². The fourth-order valence-electron chi connectivity index (χ4n) is 3.21. The summed E-state index contributed by atoms with van der Waals surface area (Å²) >= 11 is 6.43. The number of pyridine rings is 1. The zero-order valence-corrected chi connectivity index (χ0v) is 16.0. The van der Waals surface area contributed by atoms with E-state index in [1.165, 1.54) is 0 Å². The van der Waals surface area contributed by atoms with Crippen LogP contribution in [0.4, 0.5) is 0 Å². The highest BCUT2D eigenvalue weighted by atomic mass is 35.5. The van der Waals surface area contributed by atoms with Gasteiger partial charge in [0.15, 0.2) is 0 Å². The Morgan fingerprint density at radius 2 is 1.96 bits per heavy atom. The van der Waals surface area contributed by atoms with Crippen LogP contribution in [-0.4, -0.2) is 25.1 Å². The number of hydrogen-bond donors (Lipinski definition) is 1. The Hall–Kier alpha value is -2.61. The second kappa shape index (κ2) is 6.53. The van der Waals surface area contributed by atoms with Gasteiger partial charge in [0, 0.05) is 29.2 Å². The molecule has 0 unspecified atom stereocenters. The Labute approximate surface area is 161 Å². The van der Waals surface area contributed by atoms with Crippen LogP contribution in [-0.2, 0) is 15.8 Å². The van der Waals surface area contributed by atoms with Gasteiger partial charge >= 0.3 is 0 Å². The van der Waals surface area contributed by atoms with Crippen molar-refractivity contribution in [2.24, 2.45) is 5.14 Å². The lowest BCUT2D eigenvalue weighted by molar-refractivity contribution is 0.415. The highest BCUT2D eigenvalue weighted by Crippen LogP contribution is 2.32. The summed E-state index contributed by atoms with van der Waals surface area (Å²) in [5, 5.41) is 7.38. The zero-order valence-electron chi connectivity index (χ0n) is 14.4. The van der Waals surface area contributed by atoms with Crippen molar-refractivity contribution in [3.8, 4) is 11.4 Å². The molecule has 8 heteroatoms. The molecule has 0 saturated carbocycles. The van der Waals surface area contributed by atoms with Gasteiger partial charge in [-0.3, -0.25) is 4.98 Å². The van der Waals surface area contributed by atoms with Crippen molar-refractivity contribution in [2.75, 3.05) is 7.11 Å². The van der Waals surface area contributed by atoms with Gasteiger partial charge in [0.2, 0.25) is 10.0 Å². The fourth-order valence-corrected chi connectivity index (χ4v) is 4.10. The molecule has 0 spiro atoms. The van der Waals surface area contributed by atoms with Crippen molar-refractivity contribution in [1.82, 2.24) is 9.55 Å². The van der Waals surface area contributed by atoms with E-state index in [1.807, 2.05) is 41.1 Å². The van der Waals surface area contributed by atoms with Crippen LogP contribution in [0.15, 0.2) is 54.9 Å². The molecule has 4 aromatic rings. The van der Waals surface area contributed by atoms with Crippen LogP contribution in [0.25, 0.3) is 27.5 Å². The normalized spacial score (nSPS) is 12.0. The molecule has 2 aromatic heterocycles. The molecule has 138 valence electrons. The standard InChI is InChI=1S/C19H16ClN3O3S/c1-26-13-3-4-14-17(9-13)22-7-6-19(14)23-10-16(20)15-8-12(2-5-18(15)23)11-27(21,24)25/h2-10H,11H2,1H3,(H2,21,24,25). The Balaban J connectivity index is 1.91. The van der Waals surface area contributed by atoms with E-state index in [9.17, 15) is 8.42 Å². The van der Waals surface area contributed by atoms with Gasteiger partial charge < -0.3 is 9.30 Å². The number of sulfonamides is 1. The average Bonchev–Trinajstić information content (AvgIpc) is 2.95. The first-order valence-electron chi connectivity index (χ1n) is 8.09. The molecular weight excluding hydrogens is 386 g/mol. The van der Waals surface area contributed by atoms with Gasteiger partial charge in [-0.1, -0.05) is 17.7 Å². The molecule has 0 radical (unpaired) electrons. The Morgan fingerprint density at radius 1 is 1.15 bits per heavy atom. The molecule has 0 saturated heterocycles. The molecule has 0 atom stereocenters. The number of primary sulfonamides is 1. The minimum atomic E-state index is -3.61. The largest absolute Gasteiger partial charge is 0.497 e. The van der Waals surface area contributed by atoms with Gasteiger partial charge in [-0.25, -0.2) is 13.6 Å². The van der Waals surface area contributed by atoms with Gasteiger partial charge in [0.05, 0.1) is 34.6 Å². The predicted molar refractivity (Wildman–Crippen MR) is 107 cm³/mol. The third-order valence-electron chi connectivity index (χ3n) is 4.37. The van der Waals surface area contributed by atoms with Crippen molar-refractivity contribution in [1.29, 1.82) is 0 Å². The number of ether oxygens (including phenoxy) is 1. The molecule has 0 fully saturated rings. The second-order valence-corrected chi connectivity index (χ2v) is 8.24. The Morgan fingerprint density at radius 3 is 2.70 bits per heavy atom. The average molecular weight is 402 g/mol. The summed E-state index contributed by atoms with van der Waals surface area (Å²) < 4.78 is 30.0. The summed E-state index contributed by atoms with van der Waals surface area (Å²) in [6.45, 7) is 0. The van der Waals surface area contributed by atoms with Crippen LogP contribution in [0, 0.1) is 0 Å². The highest BCUT2D eigenvalue weighted by Gasteiger charge is 2.14. The number of methoxy groups -OCH3 is 1. The first-order valence-corrected chi connectivity index (χ1v) is 10.2. The smallest absolute Gasteiger partial charge is 0.213 e. The molecule has 6 nitrogen and oxygen atoms in total. The number of nitrogens with two attached hydrogens (primary N) is 1. The van der Waals surface area contributed by atoms with Crippen LogP contribution in [0.1, 0.15) is 5.56 Å². The molecule has 4 rings (SSSR count). The van der Waals surface area contributed by atoms with Crippen LogP contribution in [0.5, 0.6) is 5.75 Å². The number of aromatic nitrogens is 2. The maximum absolute atomic E-state index is 11.4. The molecule has 0 bridgehead atoms. The molecule has 0 amide bonds. The summed E-state index contributed by atoms with van der Waals surface area (Å²) in [7, 11) is -2.00. The molecule has 2 heterocycles. The fraction of sp³-hybridized carbons (Fsp3) is 0.105. The third kappa shape index (κ3) is 3.37. The first kappa shape index (κ1) is 17.8. The second-order valence-electron chi connectivity index (χ2n) is 6.22. The van der Waals surface area contributed by atoms with E-state index in [-0.39, 0.29) is 5.75 Å². The molecule has 0 aliphatic rings. The lowest BCUT2D eigenvalue weighted by Crippen LogP contribution is -2.14. The maximum Gasteiger partial charge on any atom is 0.213 e. The van der Waals surface area contributed by atoms with Crippen molar-refractivity contribution >= 4 is 43.4 Å². The Bertz CT molecular complexity index is 1280. The number of nitrogens with zero attached hydrogens (tertiary/aromatic N) is 2. The summed E-state index contributed by atoms with van der Waals surface area (Å²) in [6.07, 6.45) is 3.54. The summed E-state index contributed by atoms with van der Waals surface area (Å²) in [4.78, 5) is 4.41. The summed E-state index contributed by atoms with van der Waals surface area (Å²) in [6, 6.07) is 12.9.